The Kier molecular flexibility index (Phi) is 7.19. The van der Waals surface area contributed by atoms with Gasteiger partial charge in [0, 0.05) is 6.54 Å². The van der Waals surface area contributed by atoms with Gasteiger partial charge in [0.25, 0.3) is 0 Å². The van der Waals surface area contributed by atoms with Crippen molar-refractivity contribution in [3.05, 3.63) is 58.7 Å². The molecule has 0 radical (unpaired) electrons. The number of fused-ring (bicyclic) bond motifs is 1. The molecule has 7 heteroatoms. The van der Waals surface area contributed by atoms with Crippen LogP contribution in [0.4, 0.5) is 0 Å². The number of aliphatic carboxylic acids is 2. The molecule has 3 rings (SSSR count). The number of hydrogen-bond acceptors (Lipinski definition) is 5. The van der Waals surface area contributed by atoms with Gasteiger partial charge < -0.3 is 25.0 Å². The lowest BCUT2D eigenvalue weighted by Gasteiger charge is -2.09. The maximum Gasteiger partial charge on any atom is 0.414 e. The highest BCUT2D eigenvalue weighted by Crippen LogP contribution is 2.32. The number of ether oxygens (including phenoxy) is 2. The normalized spacial score (nSPS) is 11.5. The molecule has 1 aliphatic heterocycles. The highest BCUT2D eigenvalue weighted by atomic mass is 16.7. The zero-order valence-corrected chi connectivity index (χ0v) is 15.3. The second-order valence-electron chi connectivity index (χ2n) is 6.15. The van der Waals surface area contributed by atoms with Crippen LogP contribution in [0.15, 0.2) is 36.4 Å². The van der Waals surface area contributed by atoms with E-state index >= 15 is 0 Å². The summed E-state index contributed by atoms with van der Waals surface area (Å²) in [6.07, 6.45) is 0.988. The number of hydrogen-bond donors (Lipinski definition) is 3. The van der Waals surface area contributed by atoms with E-state index in [0.29, 0.717) is 6.79 Å². The van der Waals surface area contributed by atoms with Crippen molar-refractivity contribution in [2.24, 2.45) is 0 Å². The molecule has 2 aromatic rings. The highest BCUT2D eigenvalue weighted by Gasteiger charge is 2.12. The summed E-state index contributed by atoms with van der Waals surface area (Å²) in [6.45, 7) is 6.50. The lowest BCUT2D eigenvalue weighted by molar-refractivity contribution is -0.159. The maximum absolute atomic E-state index is 9.10. The van der Waals surface area contributed by atoms with Gasteiger partial charge >= 0.3 is 11.9 Å². The predicted molar refractivity (Wildman–Crippen MR) is 99.2 cm³/mol. The Hall–Kier alpha value is -3.06. The minimum atomic E-state index is -1.82. The van der Waals surface area contributed by atoms with Gasteiger partial charge in [-0.25, -0.2) is 9.59 Å². The molecule has 0 amide bonds. The van der Waals surface area contributed by atoms with Crippen LogP contribution in [0.2, 0.25) is 0 Å². The van der Waals surface area contributed by atoms with Crippen molar-refractivity contribution in [1.29, 1.82) is 0 Å². The molecule has 0 unspecified atom stereocenters. The molecule has 0 fully saturated rings. The number of carbonyl (C=O) groups is 2. The van der Waals surface area contributed by atoms with E-state index in [-0.39, 0.29) is 0 Å². The van der Waals surface area contributed by atoms with Crippen LogP contribution in [-0.4, -0.2) is 35.5 Å². The molecular formula is C20H23NO6. The van der Waals surface area contributed by atoms with Crippen LogP contribution in [0.25, 0.3) is 0 Å². The van der Waals surface area contributed by atoms with Crippen LogP contribution < -0.4 is 14.8 Å². The number of rotatable bonds is 5. The molecule has 0 atom stereocenters. The Labute approximate surface area is 157 Å². The molecule has 0 saturated carbocycles. The van der Waals surface area contributed by atoms with Gasteiger partial charge in [0.15, 0.2) is 11.5 Å². The number of nitrogens with one attached hydrogen (secondary N) is 1. The topological polar surface area (TPSA) is 105 Å². The molecule has 0 aromatic heterocycles. The fraction of sp³-hybridized carbons (Fsp3) is 0.300. The zero-order valence-electron chi connectivity index (χ0n) is 15.3. The number of carboxylic acid groups (broad SMARTS) is 2. The van der Waals surface area contributed by atoms with E-state index < -0.39 is 11.9 Å². The molecule has 3 N–H and O–H groups in total. The van der Waals surface area contributed by atoms with Gasteiger partial charge in [0.1, 0.15) is 0 Å². The second kappa shape index (κ2) is 9.59. The van der Waals surface area contributed by atoms with Crippen LogP contribution in [0.5, 0.6) is 11.5 Å². The lowest BCUT2D eigenvalue weighted by atomic mass is 10.1. The summed E-state index contributed by atoms with van der Waals surface area (Å²) in [5.74, 6) is -1.94. The van der Waals surface area contributed by atoms with Crippen molar-refractivity contribution < 1.29 is 29.3 Å². The van der Waals surface area contributed by atoms with Crippen molar-refractivity contribution >= 4 is 11.9 Å². The average Bonchev–Trinajstić information content (AvgIpc) is 3.08. The molecule has 0 aliphatic carbocycles. The molecule has 0 spiro atoms. The standard InChI is InChI=1S/C18H21NO2.C2H2O4/c1-13-3-5-16(14(2)9-13)11-19-8-7-15-4-6-17-18(10-15)21-12-20-17;3-1(4)2(5)6/h3-6,9-10,19H,7-8,11-12H2,1-2H3;(H,3,4)(H,5,6). The van der Waals surface area contributed by atoms with Gasteiger partial charge in [-0.1, -0.05) is 29.8 Å². The third kappa shape index (κ3) is 6.31. The Balaban J connectivity index is 0.000000380. The van der Waals surface area contributed by atoms with E-state index in [1.807, 2.05) is 6.07 Å². The van der Waals surface area contributed by atoms with Crippen LogP contribution in [0.3, 0.4) is 0 Å². The zero-order chi connectivity index (χ0) is 19.8. The largest absolute Gasteiger partial charge is 0.473 e. The van der Waals surface area contributed by atoms with Crippen LogP contribution in [0.1, 0.15) is 22.3 Å². The van der Waals surface area contributed by atoms with Gasteiger partial charge in [0.05, 0.1) is 0 Å². The van der Waals surface area contributed by atoms with Crippen LogP contribution >= 0.6 is 0 Å². The summed E-state index contributed by atoms with van der Waals surface area (Å²) in [5.41, 5.74) is 5.31. The Morgan fingerprint density at radius 3 is 2.37 bits per heavy atom. The molecule has 2 aromatic carbocycles. The van der Waals surface area contributed by atoms with Crippen molar-refractivity contribution in [3.8, 4) is 11.5 Å². The van der Waals surface area contributed by atoms with Gasteiger partial charge in [-0.05, 0) is 55.6 Å². The molecule has 0 saturated heterocycles. The summed E-state index contributed by atoms with van der Waals surface area (Å²) in [5, 5.41) is 18.3. The fourth-order valence-electron chi connectivity index (χ4n) is 2.60. The Morgan fingerprint density at radius 2 is 1.70 bits per heavy atom. The van der Waals surface area contributed by atoms with Crippen molar-refractivity contribution in [3.63, 3.8) is 0 Å². The van der Waals surface area contributed by atoms with Gasteiger partial charge in [-0.3, -0.25) is 0 Å². The van der Waals surface area contributed by atoms with E-state index in [1.54, 1.807) is 0 Å². The first-order valence-electron chi connectivity index (χ1n) is 8.48. The van der Waals surface area contributed by atoms with Crippen LogP contribution in [0, 0.1) is 13.8 Å². The van der Waals surface area contributed by atoms with E-state index in [2.05, 4.69) is 49.5 Å². The van der Waals surface area contributed by atoms with Crippen molar-refractivity contribution in [2.75, 3.05) is 13.3 Å². The third-order valence-corrected chi connectivity index (χ3v) is 4.02. The molecule has 1 heterocycles. The average molecular weight is 373 g/mol. The maximum atomic E-state index is 9.10. The van der Waals surface area contributed by atoms with E-state index in [9.17, 15) is 0 Å². The van der Waals surface area contributed by atoms with Crippen LogP contribution in [-0.2, 0) is 22.6 Å². The summed E-state index contributed by atoms with van der Waals surface area (Å²) < 4.78 is 10.7. The first-order chi connectivity index (χ1) is 12.9. The predicted octanol–water partition coefficient (Wildman–Crippen LogP) is 2.52. The summed E-state index contributed by atoms with van der Waals surface area (Å²) in [4.78, 5) is 18.2. The quantitative estimate of drug-likeness (QED) is 0.546. The first kappa shape index (κ1) is 20.3. The minimum absolute atomic E-state index is 0.337. The number of aryl methyl sites for hydroxylation is 2. The minimum Gasteiger partial charge on any atom is -0.473 e. The summed E-state index contributed by atoms with van der Waals surface area (Å²) in [7, 11) is 0. The van der Waals surface area contributed by atoms with Gasteiger partial charge in [0.2, 0.25) is 6.79 Å². The molecule has 0 bridgehead atoms. The number of carboxylic acids is 2. The van der Waals surface area contributed by atoms with Gasteiger partial charge in [-0.15, -0.1) is 0 Å². The van der Waals surface area contributed by atoms with E-state index in [0.717, 1.165) is 31.0 Å². The monoisotopic (exact) mass is 373 g/mol. The number of benzene rings is 2. The Bertz CT molecular complexity index is 806. The molecule has 27 heavy (non-hydrogen) atoms. The van der Waals surface area contributed by atoms with Crippen molar-refractivity contribution in [2.45, 2.75) is 26.8 Å². The molecule has 144 valence electrons. The van der Waals surface area contributed by atoms with Gasteiger partial charge in [-0.2, -0.15) is 0 Å². The molecular weight excluding hydrogens is 350 g/mol. The second-order valence-corrected chi connectivity index (χ2v) is 6.15. The van der Waals surface area contributed by atoms with E-state index in [4.69, 9.17) is 29.3 Å². The summed E-state index contributed by atoms with van der Waals surface area (Å²) >= 11 is 0. The third-order valence-electron chi connectivity index (χ3n) is 4.02. The summed E-state index contributed by atoms with van der Waals surface area (Å²) in [6, 6.07) is 12.8. The molecule has 7 nitrogen and oxygen atoms in total. The first-order valence-corrected chi connectivity index (χ1v) is 8.48. The van der Waals surface area contributed by atoms with E-state index in [1.165, 1.54) is 22.3 Å². The Morgan fingerprint density at radius 1 is 1.00 bits per heavy atom. The lowest BCUT2D eigenvalue weighted by Crippen LogP contribution is -2.17. The molecule has 1 aliphatic rings. The highest BCUT2D eigenvalue weighted by molar-refractivity contribution is 6.27. The SMILES string of the molecule is Cc1ccc(CNCCc2ccc3c(c2)OCO3)c(C)c1.O=C(O)C(=O)O. The van der Waals surface area contributed by atoms with Crippen molar-refractivity contribution in [1.82, 2.24) is 5.32 Å². The fourth-order valence-corrected chi connectivity index (χ4v) is 2.60. The smallest absolute Gasteiger partial charge is 0.414 e.